The fourth-order valence-electron chi connectivity index (χ4n) is 2.22. The molecule has 1 aromatic carbocycles. The maximum absolute atomic E-state index is 12.0. The van der Waals surface area contributed by atoms with Crippen LogP contribution in [-0.2, 0) is 16.0 Å². The molecule has 1 aromatic rings. The zero-order chi connectivity index (χ0) is 15.8. The summed E-state index contributed by atoms with van der Waals surface area (Å²) in [5, 5.41) is 9.03. The molecule has 0 fully saturated rings. The Morgan fingerprint density at radius 1 is 1.24 bits per heavy atom. The van der Waals surface area contributed by atoms with E-state index in [9.17, 15) is 4.79 Å². The molecule has 5 heteroatoms. The van der Waals surface area contributed by atoms with Gasteiger partial charge in [-0.2, -0.15) is 0 Å². The van der Waals surface area contributed by atoms with Crippen molar-refractivity contribution < 1.29 is 24.1 Å². The molecule has 1 atom stereocenters. The number of carbonyl (C=O) groups excluding carboxylic acids is 1. The fourth-order valence-corrected chi connectivity index (χ4v) is 2.22. The summed E-state index contributed by atoms with van der Waals surface area (Å²) < 4.78 is 15.7. The van der Waals surface area contributed by atoms with Crippen LogP contribution in [0.25, 0.3) is 0 Å². The van der Waals surface area contributed by atoms with Crippen LogP contribution in [0.3, 0.4) is 0 Å². The fraction of sp³-hybridized carbons (Fsp3) is 0.562. The third kappa shape index (κ3) is 4.36. The number of aliphatic hydroxyl groups is 1. The molecule has 0 saturated heterocycles. The summed E-state index contributed by atoms with van der Waals surface area (Å²) in [6.45, 7) is 4.04. The van der Waals surface area contributed by atoms with Crippen LogP contribution in [0.4, 0.5) is 0 Å². The van der Waals surface area contributed by atoms with Crippen LogP contribution >= 0.6 is 0 Å². The minimum Gasteiger partial charge on any atom is -0.493 e. The van der Waals surface area contributed by atoms with Gasteiger partial charge in [-0.3, -0.25) is 4.79 Å². The lowest BCUT2D eigenvalue weighted by molar-refractivity contribution is -0.144. The minimum absolute atomic E-state index is 0.0988. The van der Waals surface area contributed by atoms with Gasteiger partial charge in [0, 0.05) is 6.61 Å². The number of aliphatic hydroxyl groups excluding tert-OH is 1. The summed E-state index contributed by atoms with van der Waals surface area (Å²) >= 11 is 0. The lowest BCUT2D eigenvalue weighted by Crippen LogP contribution is -2.15. The number of rotatable bonds is 8. The molecule has 5 nitrogen and oxygen atoms in total. The smallest absolute Gasteiger partial charge is 0.313 e. The Bertz CT molecular complexity index is 470. The molecule has 0 aromatic heterocycles. The molecule has 1 N–H and O–H groups in total. The Kier molecular flexibility index (Phi) is 7.02. The third-order valence-corrected chi connectivity index (χ3v) is 3.36. The summed E-state index contributed by atoms with van der Waals surface area (Å²) in [5.41, 5.74) is 1.81. The molecule has 0 aliphatic heterocycles. The second-order valence-corrected chi connectivity index (χ2v) is 4.71. The zero-order valence-electron chi connectivity index (χ0n) is 13.1. The number of hydrogen-bond acceptors (Lipinski definition) is 5. The van der Waals surface area contributed by atoms with E-state index in [0.717, 1.165) is 11.1 Å². The highest BCUT2D eigenvalue weighted by Gasteiger charge is 2.22. The van der Waals surface area contributed by atoms with E-state index in [1.165, 1.54) is 0 Å². The second-order valence-electron chi connectivity index (χ2n) is 4.71. The topological polar surface area (TPSA) is 65.0 Å². The number of benzene rings is 1. The Labute approximate surface area is 125 Å². The summed E-state index contributed by atoms with van der Waals surface area (Å²) in [7, 11) is 3.13. The highest BCUT2D eigenvalue weighted by molar-refractivity contribution is 5.78. The second kappa shape index (κ2) is 8.52. The minimum atomic E-state index is -0.390. The van der Waals surface area contributed by atoms with Gasteiger partial charge >= 0.3 is 5.97 Å². The first kappa shape index (κ1) is 17.3. The predicted molar refractivity (Wildman–Crippen MR) is 80.0 cm³/mol. The molecular weight excluding hydrogens is 272 g/mol. The average Bonchev–Trinajstić information content (AvgIpc) is 2.51. The molecule has 0 bridgehead atoms. The monoisotopic (exact) mass is 296 g/mol. The lowest BCUT2D eigenvalue weighted by Gasteiger charge is -2.18. The number of hydrogen-bond donors (Lipinski definition) is 1. The van der Waals surface area contributed by atoms with Crippen molar-refractivity contribution in [2.75, 3.05) is 27.4 Å². The summed E-state index contributed by atoms with van der Waals surface area (Å²) in [5.74, 6) is 0.537. The molecule has 0 aliphatic rings. The van der Waals surface area contributed by atoms with Crippen molar-refractivity contribution in [3.8, 4) is 11.5 Å². The normalized spacial score (nSPS) is 11.9. The quantitative estimate of drug-likeness (QED) is 0.746. The zero-order valence-corrected chi connectivity index (χ0v) is 13.1. The van der Waals surface area contributed by atoms with E-state index in [1.807, 2.05) is 19.1 Å². The van der Waals surface area contributed by atoms with Crippen molar-refractivity contribution >= 4 is 5.97 Å². The Morgan fingerprint density at radius 2 is 1.86 bits per heavy atom. The molecule has 1 rings (SSSR count). The lowest BCUT2D eigenvalue weighted by atomic mass is 9.92. The highest BCUT2D eigenvalue weighted by atomic mass is 16.5. The van der Waals surface area contributed by atoms with Crippen LogP contribution in [0.1, 0.15) is 37.3 Å². The molecule has 118 valence electrons. The Balaban J connectivity index is 3.21. The van der Waals surface area contributed by atoms with Crippen LogP contribution in [0, 0.1) is 0 Å². The first-order valence-electron chi connectivity index (χ1n) is 7.11. The van der Waals surface area contributed by atoms with E-state index in [0.29, 0.717) is 30.9 Å². The SMILES string of the molecule is CCOC(=O)[C@@H](C)c1cc(OC)c(OC)cc1CCCO. The van der Waals surface area contributed by atoms with Gasteiger partial charge in [0.1, 0.15) is 0 Å². The van der Waals surface area contributed by atoms with Gasteiger partial charge in [0.05, 0.1) is 26.7 Å². The molecule has 0 aliphatic carbocycles. The van der Waals surface area contributed by atoms with Gasteiger partial charge in [0.25, 0.3) is 0 Å². The van der Waals surface area contributed by atoms with E-state index < -0.39 is 5.92 Å². The summed E-state index contributed by atoms with van der Waals surface area (Å²) in [6.07, 6.45) is 1.29. The number of aryl methyl sites for hydroxylation is 1. The van der Waals surface area contributed by atoms with E-state index in [2.05, 4.69) is 0 Å². The van der Waals surface area contributed by atoms with Crippen LogP contribution in [0.15, 0.2) is 12.1 Å². The van der Waals surface area contributed by atoms with Gasteiger partial charge in [0.2, 0.25) is 0 Å². The van der Waals surface area contributed by atoms with Crippen molar-refractivity contribution in [2.24, 2.45) is 0 Å². The first-order valence-corrected chi connectivity index (χ1v) is 7.11. The largest absolute Gasteiger partial charge is 0.493 e. The van der Waals surface area contributed by atoms with Crippen LogP contribution in [0.5, 0.6) is 11.5 Å². The maximum atomic E-state index is 12.0. The first-order chi connectivity index (χ1) is 10.1. The van der Waals surface area contributed by atoms with Gasteiger partial charge in [-0.1, -0.05) is 0 Å². The molecular formula is C16H24O5. The van der Waals surface area contributed by atoms with Gasteiger partial charge in [-0.25, -0.2) is 0 Å². The molecule has 0 unspecified atom stereocenters. The van der Waals surface area contributed by atoms with Gasteiger partial charge in [-0.15, -0.1) is 0 Å². The van der Waals surface area contributed by atoms with E-state index in [-0.39, 0.29) is 12.6 Å². The molecule has 0 amide bonds. The van der Waals surface area contributed by atoms with Crippen molar-refractivity contribution in [1.82, 2.24) is 0 Å². The highest BCUT2D eigenvalue weighted by Crippen LogP contribution is 2.34. The molecule has 0 heterocycles. The maximum Gasteiger partial charge on any atom is 0.313 e. The predicted octanol–water partition coefficient (Wildman–Crippen LogP) is 2.30. The molecule has 0 saturated carbocycles. The summed E-state index contributed by atoms with van der Waals surface area (Å²) in [6, 6.07) is 3.67. The Morgan fingerprint density at radius 3 is 2.38 bits per heavy atom. The van der Waals surface area contributed by atoms with Crippen molar-refractivity contribution in [3.63, 3.8) is 0 Å². The van der Waals surface area contributed by atoms with E-state index in [4.69, 9.17) is 19.3 Å². The van der Waals surface area contributed by atoms with Crippen molar-refractivity contribution in [3.05, 3.63) is 23.3 Å². The summed E-state index contributed by atoms with van der Waals surface area (Å²) in [4.78, 5) is 12.0. The number of methoxy groups -OCH3 is 2. The van der Waals surface area contributed by atoms with Gasteiger partial charge in [-0.05, 0) is 49.9 Å². The van der Waals surface area contributed by atoms with Gasteiger partial charge in [0.15, 0.2) is 11.5 Å². The average molecular weight is 296 g/mol. The van der Waals surface area contributed by atoms with Crippen LogP contribution < -0.4 is 9.47 Å². The molecule has 0 spiro atoms. The number of carbonyl (C=O) groups is 1. The van der Waals surface area contributed by atoms with Crippen molar-refractivity contribution in [2.45, 2.75) is 32.6 Å². The standard InChI is InChI=1S/C16H24O5/c1-5-21-16(18)11(2)13-10-15(20-4)14(19-3)9-12(13)7-6-8-17/h9-11,17H,5-8H2,1-4H3/t11-/m0/s1. The Hall–Kier alpha value is -1.75. The third-order valence-electron chi connectivity index (χ3n) is 3.36. The van der Waals surface area contributed by atoms with Gasteiger partial charge < -0.3 is 19.3 Å². The van der Waals surface area contributed by atoms with E-state index in [1.54, 1.807) is 21.1 Å². The number of ether oxygens (including phenoxy) is 3. The molecule has 21 heavy (non-hydrogen) atoms. The van der Waals surface area contributed by atoms with Crippen molar-refractivity contribution in [1.29, 1.82) is 0 Å². The van der Waals surface area contributed by atoms with Crippen LogP contribution in [-0.4, -0.2) is 38.5 Å². The van der Waals surface area contributed by atoms with Crippen LogP contribution in [0.2, 0.25) is 0 Å². The number of esters is 1. The molecule has 0 radical (unpaired) electrons. The van der Waals surface area contributed by atoms with E-state index >= 15 is 0 Å².